The normalized spacial score (nSPS) is 0. The van der Waals surface area contributed by atoms with Crippen molar-refractivity contribution in [2.45, 2.75) is 0 Å². The largest absolute Gasteiger partial charge is 0 e. The SMILES string of the molecule is O.[Co].[Cu].[LiH].[Ti]. The molecule has 0 aromatic rings. The molecule has 0 aliphatic carbocycles. The van der Waals surface area contributed by atoms with Gasteiger partial charge in [0.15, 0.2) is 0 Å². The van der Waals surface area contributed by atoms with Crippen LogP contribution in [0.2, 0.25) is 0 Å². The first-order valence-corrected chi connectivity index (χ1v) is 0. The molecule has 0 saturated heterocycles. The minimum absolute atomic E-state index is 0. The first-order valence-electron chi connectivity index (χ1n) is 0. The Hall–Kier alpha value is 2.30. The molecule has 0 bridgehead atoms. The van der Waals surface area contributed by atoms with Gasteiger partial charge in [0.1, 0.15) is 0 Å². The van der Waals surface area contributed by atoms with Crippen molar-refractivity contribution >= 4 is 18.9 Å². The maximum Gasteiger partial charge on any atom is 0 e. The van der Waals surface area contributed by atoms with Gasteiger partial charge in [-0.3, -0.25) is 0 Å². The Morgan fingerprint density at radius 1 is 1.00 bits per heavy atom. The molecule has 0 aromatic heterocycles. The molecule has 0 aliphatic rings. The summed E-state index contributed by atoms with van der Waals surface area (Å²) in [7, 11) is 0. The molecule has 0 aliphatic heterocycles. The molecule has 34 valence electrons. The van der Waals surface area contributed by atoms with Crippen LogP contribution in [0, 0.1) is 0 Å². The maximum absolute atomic E-state index is 0. The second-order valence-corrected chi connectivity index (χ2v) is 0. The Labute approximate surface area is 79.1 Å². The Morgan fingerprint density at radius 2 is 1.00 bits per heavy atom. The molecule has 5 heavy (non-hydrogen) atoms. The summed E-state index contributed by atoms with van der Waals surface area (Å²) in [6.45, 7) is 0. The number of hydrogen-bond donors (Lipinski definition) is 0. The van der Waals surface area contributed by atoms with Gasteiger partial charge < -0.3 is 5.48 Å². The third kappa shape index (κ3) is 22.0. The van der Waals surface area contributed by atoms with Crippen molar-refractivity contribution in [3.8, 4) is 0 Å². The molecular formula is H3CoCuLiOTi. The summed E-state index contributed by atoms with van der Waals surface area (Å²) in [5.41, 5.74) is 0. The third-order valence-corrected chi connectivity index (χ3v) is 0. The van der Waals surface area contributed by atoms with Crippen LogP contribution in [0.5, 0.6) is 0 Å². The average molecular weight is 196 g/mol. The summed E-state index contributed by atoms with van der Waals surface area (Å²) in [5.74, 6) is 0. The molecule has 0 fully saturated rings. The predicted molar refractivity (Wildman–Crippen MR) is 10.8 cm³/mol. The van der Waals surface area contributed by atoms with Gasteiger partial charge in [-0.2, -0.15) is 0 Å². The monoisotopic (exact) mass is 196 g/mol. The van der Waals surface area contributed by atoms with Crippen molar-refractivity contribution in [2.24, 2.45) is 0 Å². The predicted octanol–water partition coefficient (Wildman–Crippen LogP) is -1.48. The first-order chi connectivity index (χ1) is 0. The van der Waals surface area contributed by atoms with Gasteiger partial charge in [0, 0.05) is 55.6 Å². The van der Waals surface area contributed by atoms with Crippen LogP contribution < -0.4 is 0 Å². The van der Waals surface area contributed by atoms with Gasteiger partial charge in [-0.15, -0.1) is 0 Å². The zero-order chi connectivity index (χ0) is 0. The number of hydrogen-bond acceptors (Lipinski definition) is 0. The van der Waals surface area contributed by atoms with E-state index in [9.17, 15) is 0 Å². The molecule has 2 N–H and O–H groups in total. The van der Waals surface area contributed by atoms with E-state index in [0.29, 0.717) is 0 Å². The molecule has 0 atom stereocenters. The zero-order valence-corrected chi connectivity index (χ0v) is 5.18. The third-order valence-electron chi connectivity index (χ3n) is 0. The molecule has 0 saturated carbocycles. The standard InChI is InChI=1S/Co.Cu.Li.H2O.Ti.H/h;;;1H2;;. The van der Waals surface area contributed by atoms with E-state index in [1.165, 1.54) is 0 Å². The molecule has 5 heteroatoms. The Bertz CT molecular complexity index is 11.6. The second-order valence-electron chi connectivity index (χ2n) is 0. The van der Waals surface area contributed by atoms with Gasteiger partial charge in [-0.05, 0) is 0 Å². The van der Waals surface area contributed by atoms with E-state index >= 15 is 0 Å². The van der Waals surface area contributed by atoms with Crippen molar-refractivity contribution in [3.05, 3.63) is 0 Å². The minimum atomic E-state index is 0. The molecule has 2 radical (unpaired) electrons. The molecule has 0 heterocycles. The summed E-state index contributed by atoms with van der Waals surface area (Å²) in [6, 6.07) is 0. The molecule has 0 spiro atoms. The fraction of sp³-hybridized carbons (Fsp3) is 0. The van der Waals surface area contributed by atoms with Crippen LogP contribution in [0.4, 0.5) is 0 Å². The molecule has 1 nitrogen and oxygen atoms in total. The van der Waals surface area contributed by atoms with Gasteiger partial charge in [0.05, 0.1) is 0 Å². The molecule has 0 rings (SSSR count). The van der Waals surface area contributed by atoms with Crippen LogP contribution in [0.3, 0.4) is 0 Å². The first kappa shape index (κ1) is 54.8. The van der Waals surface area contributed by atoms with E-state index in [2.05, 4.69) is 0 Å². The smallest absolute Gasteiger partial charge is 0 e. The fourth-order valence-electron chi connectivity index (χ4n) is 0. The summed E-state index contributed by atoms with van der Waals surface area (Å²) in [5, 5.41) is 0. The van der Waals surface area contributed by atoms with E-state index in [1.807, 2.05) is 0 Å². The van der Waals surface area contributed by atoms with E-state index in [4.69, 9.17) is 0 Å². The van der Waals surface area contributed by atoms with Crippen molar-refractivity contribution in [1.82, 2.24) is 0 Å². The number of rotatable bonds is 0. The molecule has 0 amide bonds. The van der Waals surface area contributed by atoms with Gasteiger partial charge in [0.2, 0.25) is 0 Å². The maximum atomic E-state index is 0. The van der Waals surface area contributed by atoms with Crippen molar-refractivity contribution in [1.29, 1.82) is 0 Å². The van der Waals surface area contributed by atoms with Gasteiger partial charge >= 0.3 is 18.9 Å². The van der Waals surface area contributed by atoms with Crippen molar-refractivity contribution in [2.75, 3.05) is 0 Å². The fourth-order valence-corrected chi connectivity index (χ4v) is 0. The Balaban J connectivity index is 0. The van der Waals surface area contributed by atoms with Gasteiger partial charge in [0.25, 0.3) is 0 Å². The van der Waals surface area contributed by atoms with Crippen LogP contribution in [0.25, 0.3) is 0 Å². The van der Waals surface area contributed by atoms with Gasteiger partial charge in [-0.1, -0.05) is 0 Å². The van der Waals surface area contributed by atoms with E-state index in [1.54, 1.807) is 0 Å². The van der Waals surface area contributed by atoms with E-state index in [0.717, 1.165) is 0 Å². The van der Waals surface area contributed by atoms with Crippen molar-refractivity contribution in [3.63, 3.8) is 0 Å². The topological polar surface area (TPSA) is 31.5 Å². The van der Waals surface area contributed by atoms with Crippen molar-refractivity contribution < 1.29 is 61.0 Å². The van der Waals surface area contributed by atoms with E-state index in [-0.39, 0.29) is 79.9 Å². The van der Waals surface area contributed by atoms with Crippen LogP contribution in [0.1, 0.15) is 0 Å². The van der Waals surface area contributed by atoms with Crippen LogP contribution in [0.15, 0.2) is 0 Å². The quantitative estimate of drug-likeness (QED) is 0.423. The summed E-state index contributed by atoms with van der Waals surface area (Å²) in [6.07, 6.45) is 0. The average Bonchev–Trinajstić information content (AvgIpc) is 0. The molecule has 0 aromatic carbocycles. The van der Waals surface area contributed by atoms with Crippen LogP contribution >= 0.6 is 0 Å². The van der Waals surface area contributed by atoms with E-state index < -0.39 is 0 Å². The Kier molecular flexibility index (Phi) is 367. The molecular weight excluding hydrogens is 193 g/mol. The summed E-state index contributed by atoms with van der Waals surface area (Å²) >= 11 is 0. The van der Waals surface area contributed by atoms with Crippen LogP contribution in [-0.2, 0) is 55.6 Å². The van der Waals surface area contributed by atoms with Crippen LogP contribution in [-0.4, -0.2) is 24.3 Å². The summed E-state index contributed by atoms with van der Waals surface area (Å²) < 4.78 is 0. The minimum Gasteiger partial charge on any atom is 0 e. The Morgan fingerprint density at radius 3 is 1.00 bits per heavy atom. The van der Waals surface area contributed by atoms with Gasteiger partial charge in [-0.25, -0.2) is 0 Å². The molecule has 0 unspecified atom stereocenters. The second kappa shape index (κ2) is 33.5. The zero-order valence-electron chi connectivity index (χ0n) is 1.63. The summed E-state index contributed by atoms with van der Waals surface area (Å²) in [4.78, 5) is 0.